The van der Waals surface area contributed by atoms with Gasteiger partial charge in [0.25, 0.3) is 0 Å². The molecule has 0 bridgehead atoms. The first-order valence-electron chi connectivity index (χ1n) is 6.34. The molecule has 0 atom stereocenters. The number of carbonyl (C=O) groups excluding carboxylic acids is 1. The van der Waals surface area contributed by atoms with E-state index < -0.39 is 0 Å². The van der Waals surface area contributed by atoms with Crippen molar-refractivity contribution in [1.82, 2.24) is 5.32 Å². The minimum atomic E-state index is -0.288. The van der Waals surface area contributed by atoms with Gasteiger partial charge in [-0.3, -0.25) is 4.79 Å². The number of benzene rings is 1. The highest BCUT2D eigenvalue weighted by molar-refractivity contribution is 5.93. The Morgan fingerprint density at radius 1 is 1.33 bits per heavy atom. The van der Waals surface area contributed by atoms with Crippen LogP contribution in [0, 0.1) is 5.82 Å². The third-order valence-electron chi connectivity index (χ3n) is 2.65. The first kappa shape index (κ1) is 14.6. The van der Waals surface area contributed by atoms with E-state index in [0.717, 1.165) is 5.69 Å². The zero-order chi connectivity index (χ0) is 13.5. The molecular weight excluding hydrogens is 231 g/mol. The molecule has 3 nitrogen and oxygen atoms in total. The molecule has 0 aliphatic heterocycles. The number of nitrogens with one attached hydrogen (secondary N) is 1. The van der Waals surface area contributed by atoms with Crippen molar-refractivity contribution >= 4 is 11.6 Å². The van der Waals surface area contributed by atoms with Gasteiger partial charge in [0.15, 0.2) is 0 Å². The lowest BCUT2D eigenvalue weighted by atomic mass is 10.2. The summed E-state index contributed by atoms with van der Waals surface area (Å²) in [5, 5.41) is 3.21. The van der Waals surface area contributed by atoms with E-state index in [1.165, 1.54) is 12.1 Å². The fraction of sp³-hybridized carbons (Fsp3) is 0.500. The van der Waals surface area contributed by atoms with Crippen molar-refractivity contribution in [3.05, 3.63) is 30.1 Å². The van der Waals surface area contributed by atoms with Gasteiger partial charge < -0.3 is 10.2 Å². The van der Waals surface area contributed by atoms with Crippen LogP contribution in [0.25, 0.3) is 0 Å². The average Bonchev–Trinajstić information content (AvgIpc) is 2.32. The highest BCUT2D eigenvalue weighted by Gasteiger charge is 2.13. The Morgan fingerprint density at radius 2 is 1.94 bits per heavy atom. The average molecular weight is 252 g/mol. The molecule has 0 aliphatic rings. The maximum Gasteiger partial charge on any atom is 0.228 e. The molecule has 18 heavy (non-hydrogen) atoms. The van der Waals surface area contributed by atoms with Crippen LogP contribution in [0.3, 0.4) is 0 Å². The first-order valence-corrected chi connectivity index (χ1v) is 6.34. The van der Waals surface area contributed by atoms with Gasteiger partial charge in [-0.25, -0.2) is 4.39 Å². The highest BCUT2D eigenvalue weighted by Crippen LogP contribution is 2.15. The van der Waals surface area contributed by atoms with Crippen molar-refractivity contribution in [2.45, 2.75) is 33.2 Å². The number of anilines is 1. The van der Waals surface area contributed by atoms with Crippen molar-refractivity contribution in [2.24, 2.45) is 0 Å². The molecule has 1 amide bonds. The van der Waals surface area contributed by atoms with E-state index in [4.69, 9.17) is 0 Å². The van der Waals surface area contributed by atoms with Crippen LogP contribution < -0.4 is 10.2 Å². The van der Waals surface area contributed by atoms with Gasteiger partial charge in [-0.15, -0.1) is 0 Å². The smallest absolute Gasteiger partial charge is 0.228 e. The Kier molecular flexibility index (Phi) is 5.78. The Labute approximate surface area is 108 Å². The minimum Gasteiger partial charge on any atom is -0.314 e. The SMILES string of the molecule is CCN(C(=O)CCNC(C)C)c1ccc(F)cc1. The molecule has 1 aromatic carbocycles. The molecule has 4 heteroatoms. The summed E-state index contributed by atoms with van der Waals surface area (Å²) in [5.41, 5.74) is 0.744. The Morgan fingerprint density at radius 3 is 2.44 bits per heavy atom. The van der Waals surface area contributed by atoms with Crippen molar-refractivity contribution in [1.29, 1.82) is 0 Å². The number of nitrogens with zero attached hydrogens (tertiary/aromatic N) is 1. The number of rotatable bonds is 6. The fourth-order valence-electron chi connectivity index (χ4n) is 1.73. The third-order valence-corrected chi connectivity index (χ3v) is 2.65. The van der Waals surface area contributed by atoms with Crippen molar-refractivity contribution in [2.75, 3.05) is 18.0 Å². The molecule has 0 aromatic heterocycles. The molecule has 1 aromatic rings. The maximum atomic E-state index is 12.8. The normalized spacial score (nSPS) is 10.7. The molecule has 100 valence electrons. The number of halogens is 1. The zero-order valence-electron chi connectivity index (χ0n) is 11.2. The van der Waals surface area contributed by atoms with Gasteiger partial charge in [-0.05, 0) is 31.2 Å². The molecule has 0 unspecified atom stereocenters. The van der Waals surface area contributed by atoms with Gasteiger partial charge in [-0.1, -0.05) is 13.8 Å². The largest absolute Gasteiger partial charge is 0.314 e. The Balaban J connectivity index is 2.60. The van der Waals surface area contributed by atoms with Crippen LogP contribution in [0.15, 0.2) is 24.3 Å². The van der Waals surface area contributed by atoms with E-state index in [1.54, 1.807) is 17.0 Å². The van der Waals surface area contributed by atoms with Gasteiger partial charge in [0.1, 0.15) is 5.82 Å². The second-order valence-corrected chi connectivity index (χ2v) is 4.47. The summed E-state index contributed by atoms with van der Waals surface area (Å²) in [5.74, 6) is -0.235. The molecule has 1 rings (SSSR count). The first-order chi connectivity index (χ1) is 8.54. The quantitative estimate of drug-likeness (QED) is 0.844. The standard InChI is InChI=1S/C14H21FN2O/c1-4-17(13-7-5-12(15)6-8-13)14(18)9-10-16-11(2)3/h5-8,11,16H,4,9-10H2,1-3H3. The fourth-order valence-corrected chi connectivity index (χ4v) is 1.73. The molecule has 0 saturated heterocycles. The van der Waals surface area contributed by atoms with Gasteiger partial charge in [-0.2, -0.15) is 0 Å². The lowest BCUT2D eigenvalue weighted by molar-refractivity contribution is -0.118. The highest BCUT2D eigenvalue weighted by atomic mass is 19.1. The van der Waals surface area contributed by atoms with E-state index in [2.05, 4.69) is 5.32 Å². The molecule has 0 saturated carbocycles. The van der Waals surface area contributed by atoms with Gasteiger partial charge >= 0.3 is 0 Å². The Hall–Kier alpha value is -1.42. The molecule has 0 spiro atoms. The zero-order valence-corrected chi connectivity index (χ0v) is 11.2. The molecular formula is C14H21FN2O. The third kappa shape index (κ3) is 4.45. The minimum absolute atomic E-state index is 0.0530. The van der Waals surface area contributed by atoms with E-state index in [-0.39, 0.29) is 11.7 Å². The van der Waals surface area contributed by atoms with Crippen LogP contribution >= 0.6 is 0 Å². The summed E-state index contributed by atoms with van der Waals surface area (Å²) in [7, 11) is 0. The lowest BCUT2D eigenvalue weighted by Crippen LogP contribution is -2.34. The van der Waals surface area contributed by atoms with Crippen molar-refractivity contribution in [3.63, 3.8) is 0 Å². The summed E-state index contributed by atoms with van der Waals surface area (Å²) < 4.78 is 12.8. The number of hydrogen-bond donors (Lipinski definition) is 1. The predicted octanol–water partition coefficient (Wildman–Crippen LogP) is 2.57. The molecule has 0 heterocycles. The second-order valence-electron chi connectivity index (χ2n) is 4.47. The van der Waals surface area contributed by atoms with Crippen LogP contribution in [0.5, 0.6) is 0 Å². The van der Waals surface area contributed by atoms with Crippen LogP contribution in [0.2, 0.25) is 0 Å². The monoisotopic (exact) mass is 252 g/mol. The summed E-state index contributed by atoms with van der Waals surface area (Å²) >= 11 is 0. The second kappa shape index (κ2) is 7.11. The molecule has 0 radical (unpaired) electrons. The van der Waals surface area contributed by atoms with Crippen molar-refractivity contribution in [3.8, 4) is 0 Å². The predicted molar refractivity (Wildman–Crippen MR) is 72.2 cm³/mol. The maximum absolute atomic E-state index is 12.8. The summed E-state index contributed by atoms with van der Waals surface area (Å²) in [6.07, 6.45) is 0.448. The van der Waals surface area contributed by atoms with Gasteiger partial charge in [0, 0.05) is 31.2 Å². The van der Waals surface area contributed by atoms with E-state index in [0.29, 0.717) is 25.6 Å². The summed E-state index contributed by atoms with van der Waals surface area (Å²) in [4.78, 5) is 13.7. The van der Waals surface area contributed by atoms with E-state index in [1.807, 2.05) is 20.8 Å². The lowest BCUT2D eigenvalue weighted by Gasteiger charge is -2.21. The Bertz CT molecular complexity index is 376. The van der Waals surface area contributed by atoms with E-state index in [9.17, 15) is 9.18 Å². The molecule has 1 N–H and O–H groups in total. The van der Waals surface area contributed by atoms with Gasteiger partial charge in [0.2, 0.25) is 5.91 Å². The number of amides is 1. The van der Waals surface area contributed by atoms with Crippen LogP contribution in [-0.2, 0) is 4.79 Å². The van der Waals surface area contributed by atoms with Gasteiger partial charge in [0.05, 0.1) is 0 Å². The number of carbonyl (C=O) groups is 1. The summed E-state index contributed by atoms with van der Waals surface area (Å²) in [6, 6.07) is 6.38. The molecule has 0 fully saturated rings. The van der Waals surface area contributed by atoms with Crippen LogP contribution in [0.4, 0.5) is 10.1 Å². The number of hydrogen-bond acceptors (Lipinski definition) is 2. The summed E-state index contributed by atoms with van der Waals surface area (Å²) in [6.45, 7) is 7.25. The van der Waals surface area contributed by atoms with Crippen LogP contribution in [0.1, 0.15) is 27.2 Å². The topological polar surface area (TPSA) is 32.3 Å². The van der Waals surface area contributed by atoms with Crippen molar-refractivity contribution < 1.29 is 9.18 Å². The van der Waals surface area contributed by atoms with E-state index >= 15 is 0 Å². The van der Waals surface area contributed by atoms with Crippen LogP contribution in [-0.4, -0.2) is 25.0 Å². The molecule has 0 aliphatic carbocycles.